The molecule has 0 bridgehead atoms. The van der Waals surface area contributed by atoms with Crippen molar-refractivity contribution in [2.75, 3.05) is 39.1 Å². The molecule has 2 N–H and O–H groups in total. The van der Waals surface area contributed by atoms with E-state index < -0.39 is 6.10 Å². The van der Waals surface area contributed by atoms with Crippen molar-refractivity contribution in [1.82, 2.24) is 9.88 Å². The van der Waals surface area contributed by atoms with Crippen LogP contribution in [0.25, 0.3) is 10.9 Å². The highest BCUT2D eigenvalue weighted by atomic mass is 35.5. The predicted octanol–water partition coefficient (Wildman–Crippen LogP) is 6.62. The van der Waals surface area contributed by atoms with E-state index in [2.05, 4.69) is 16.0 Å². The minimum Gasteiger partial charge on any atom is -0.497 e. The number of hydrogen-bond acceptors (Lipinski definition) is 6. The Bertz CT molecular complexity index is 1150. The maximum atomic E-state index is 11.2. The summed E-state index contributed by atoms with van der Waals surface area (Å²) in [6.07, 6.45) is 5.10. The fourth-order valence-corrected chi connectivity index (χ4v) is 6.42. The average molecular weight is 550 g/mol. The molecule has 8 heteroatoms. The van der Waals surface area contributed by atoms with Crippen molar-refractivity contribution >= 4 is 45.9 Å². The van der Waals surface area contributed by atoms with Crippen molar-refractivity contribution < 1.29 is 14.9 Å². The number of aromatic nitrogens is 1. The Hall–Kier alpha value is -1.54. The molecule has 0 aliphatic carbocycles. The number of likely N-dealkylation sites (tertiary alicyclic amines) is 1. The number of aliphatic hydroxyl groups excluding tert-OH is 2. The van der Waals surface area contributed by atoms with Gasteiger partial charge in [0.15, 0.2) is 0 Å². The zero-order chi connectivity index (χ0) is 25.5. The van der Waals surface area contributed by atoms with Crippen LogP contribution in [0.2, 0.25) is 10.0 Å². The first kappa shape index (κ1) is 27.5. The van der Waals surface area contributed by atoms with Gasteiger partial charge in [-0.3, -0.25) is 4.98 Å². The quantitative estimate of drug-likeness (QED) is 0.207. The van der Waals surface area contributed by atoms with E-state index in [1.54, 1.807) is 13.3 Å². The fraction of sp³-hybridized carbons (Fsp3) is 0.464. The molecular formula is C28H34Cl2N2O3S. The third kappa shape index (κ3) is 6.85. The molecule has 1 aromatic heterocycles. The second kappa shape index (κ2) is 12.8. The molecule has 2 heterocycles. The summed E-state index contributed by atoms with van der Waals surface area (Å²) >= 11 is 14.4. The van der Waals surface area contributed by atoms with Crippen molar-refractivity contribution in [2.24, 2.45) is 5.41 Å². The molecule has 1 aliphatic heterocycles. The van der Waals surface area contributed by atoms with Crippen LogP contribution in [0.5, 0.6) is 5.75 Å². The lowest BCUT2D eigenvalue weighted by molar-refractivity contribution is 0.0238. The van der Waals surface area contributed by atoms with Gasteiger partial charge in [0.2, 0.25) is 0 Å². The van der Waals surface area contributed by atoms with Crippen molar-refractivity contribution in [3.05, 3.63) is 64.3 Å². The van der Waals surface area contributed by atoms with Gasteiger partial charge in [-0.25, -0.2) is 0 Å². The van der Waals surface area contributed by atoms with Gasteiger partial charge in [-0.05, 0) is 99.3 Å². The normalized spacial score (nSPS) is 16.8. The monoisotopic (exact) mass is 548 g/mol. The number of ether oxygens (including phenoxy) is 1. The molecule has 0 amide bonds. The van der Waals surface area contributed by atoms with Crippen LogP contribution in [0.1, 0.15) is 43.8 Å². The van der Waals surface area contributed by atoms with Crippen molar-refractivity contribution in [2.45, 2.75) is 43.1 Å². The lowest BCUT2D eigenvalue weighted by Crippen LogP contribution is -2.42. The molecule has 1 fully saturated rings. The van der Waals surface area contributed by atoms with E-state index in [0.29, 0.717) is 22.8 Å². The Labute approximate surface area is 227 Å². The minimum atomic E-state index is -0.736. The second-order valence-electron chi connectivity index (χ2n) is 9.62. The number of nitrogens with zero attached hydrogens (tertiary/aromatic N) is 2. The summed E-state index contributed by atoms with van der Waals surface area (Å²) in [5, 5.41) is 23.5. The van der Waals surface area contributed by atoms with Crippen molar-refractivity contribution in [3.63, 3.8) is 0 Å². The average Bonchev–Trinajstić information content (AvgIpc) is 2.90. The van der Waals surface area contributed by atoms with Crippen molar-refractivity contribution in [1.29, 1.82) is 0 Å². The molecule has 1 aliphatic rings. The second-order valence-corrected chi connectivity index (χ2v) is 11.6. The van der Waals surface area contributed by atoms with E-state index >= 15 is 0 Å². The largest absolute Gasteiger partial charge is 0.497 e. The molecule has 36 heavy (non-hydrogen) atoms. The maximum absolute atomic E-state index is 11.2. The predicted molar refractivity (Wildman–Crippen MR) is 149 cm³/mol. The standard InChI is InChI=1S/C28H34Cl2N2O3S/c1-35-21-6-7-25-23(17-21)27(24(30)18-31-25)26(34)8-9-28(19-33)10-13-32(14-11-28)12-3-15-36-22-5-2-4-20(29)16-22/h2,4-7,16-18,26,33-34H,3,8-15,19H2,1H3/t26-/m0/s1. The Kier molecular flexibility index (Phi) is 9.78. The number of hydrogen-bond donors (Lipinski definition) is 2. The van der Waals surface area contributed by atoms with E-state index in [0.717, 1.165) is 67.0 Å². The lowest BCUT2D eigenvalue weighted by atomic mass is 9.74. The van der Waals surface area contributed by atoms with Crippen LogP contribution >= 0.6 is 35.0 Å². The fourth-order valence-electron chi connectivity index (χ4n) is 4.99. The molecule has 0 spiro atoms. The number of piperidine rings is 1. The highest BCUT2D eigenvalue weighted by molar-refractivity contribution is 7.99. The van der Waals surface area contributed by atoms with Crippen LogP contribution in [-0.4, -0.2) is 59.2 Å². The van der Waals surface area contributed by atoms with Crippen LogP contribution in [-0.2, 0) is 0 Å². The number of thioether (sulfide) groups is 1. The number of benzene rings is 2. The topological polar surface area (TPSA) is 65.8 Å². The SMILES string of the molecule is COc1ccc2ncc(Cl)c([C@@H](O)CCC3(CO)CCN(CCCSc4cccc(Cl)c4)CC3)c2c1. The Morgan fingerprint density at radius 2 is 1.97 bits per heavy atom. The Morgan fingerprint density at radius 1 is 1.17 bits per heavy atom. The summed E-state index contributed by atoms with van der Waals surface area (Å²) in [5.74, 6) is 1.75. The van der Waals surface area contributed by atoms with Gasteiger partial charge < -0.3 is 19.8 Å². The number of methoxy groups -OCH3 is 1. The number of fused-ring (bicyclic) bond motifs is 1. The third-order valence-corrected chi connectivity index (χ3v) is 8.90. The first-order chi connectivity index (χ1) is 17.4. The summed E-state index contributed by atoms with van der Waals surface area (Å²) in [7, 11) is 1.62. The molecule has 0 radical (unpaired) electrons. The molecule has 1 atom stereocenters. The summed E-state index contributed by atoms with van der Waals surface area (Å²) < 4.78 is 5.36. The van der Waals surface area contributed by atoms with E-state index in [9.17, 15) is 10.2 Å². The first-order valence-corrected chi connectivity index (χ1v) is 14.2. The van der Waals surface area contributed by atoms with E-state index in [4.69, 9.17) is 27.9 Å². The van der Waals surface area contributed by atoms with E-state index in [-0.39, 0.29) is 12.0 Å². The molecule has 0 unspecified atom stereocenters. The number of pyridine rings is 1. The highest BCUT2D eigenvalue weighted by Gasteiger charge is 2.34. The molecule has 3 aromatic rings. The van der Waals surface area contributed by atoms with E-state index in [1.807, 2.05) is 48.2 Å². The van der Waals surface area contributed by atoms with Crippen molar-refractivity contribution in [3.8, 4) is 5.75 Å². The maximum Gasteiger partial charge on any atom is 0.119 e. The molecule has 0 saturated carbocycles. The molecular weight excluding hydrogens is 515 g/mol. The highest BCUT2D eigenvalue weighted by Crippen LogP contribution is 2.40. The number of rotatable bonds is 11. The lowest BCUT2D eigenvalue weighted by Gasteiger charge is -2.41. The summed E-state index contributed by atoms with van der Waals surface area (Å²) in [6, 6.07) is 13.6. The zero-order valence-electron chi connectivity index (χ0n) is 20.6. The molecule has 1 saturated heterocycles. The Morgan fingerprint density at radius 3 is 2.69 bits per heavy atom. The van der Waals surface area contributed by atoms with Gasteiger partial charge in [0.25, 0.3) is 0 Å². The van der Waals surface area contributed by atoms with Gasteiger partial charge in [0.05, 0.1) is 23.8 Å². The van der Waals surface area contributed by atoms with Gasteiger partial charge in [-0.15, -0.1) is 11.8 Å². The third-order valence-electron chi connectivity index (χ3n) is 7.29. The molecule has 5 nitrogen and oxygen atoms in total. The van der Waals surface area contributed by atoms with Gasteiger partial charge in [-0.2, -0.15) is 0 Å². The van der Waals surface area contributed by atoms with Crippen LogP contribution < -0.4 is 4.74 Å². The van der Waals surface area contributed by atoms with Gasteiger partial charge >= 0.3 is 0 Å². The number of aliphatic hydroxyl groups is 2. The van der Waals surface area contributed by atoms with Crippen LogP contribution in [0.3, 0.4) is 0 Å². The summed E-state index contributed by atoms with van der Waals surface area (Å²) in [5.41, 5.74) is 1.29. The summed E-state index contributed by atoms with van der Waals surface area (Å²) in [4.78, 5) is 8.08. The van der Waals surface area contributed by atoms with Gasteiger partial charge in [0, 0.05) is 33.7 Å². The number of halogens is 2. The van der Waals surface area contributed by atoms with Crippen LogP contribution in [0.15, 0.2) is 53.6 Å². The molecule has 4 rings (SSSR count). The Balaban J connectivity index is 1.29. The minimum absolute atomic E-state index is 0.136. The van der Waals surface area contributed by atoms with Crippen LogP contribution in [0.4, 0.5) is 0 Å². The van der Waals surface area contributed by atoms with E-state index in [1.165, 1.54) is 4.90 Å². The summed E-state index contributed by atoms with van der Waals surface area (Å²) in [6.45, 7) is 3.12. The molecule has 194 valence electrons. The van der Waals surface area contributed by atoms with Gasteiger partial charge in [-0.1, -0.05) is 29.3 Å². The smallest absolute Gasteiger partial charge is 0.119 e. The molecule has 2 aromatic carbocycles. The van der Waals surface area contributed by atoms with Gasteiger partial charge in [0.1, 0.15) is 5.75 Å². The zero-order valence-corrected chi connectivity index (χ0v) is 23.0. The van der Waals surface area contributed by atoms with Crippen LogP contribution in [0, 0.1) is 5.41 Å². The first-order valence-electron chi connectivity index (χ1n) is 12.4.